The highest BCUT2D eigenvalue weighted by atomic mass is 32.1. The Kier molecular flexibility index (Phi) is 6.37. The van der Waals surface area contributed by atoms with Crippen LogP contribution in [0.25, 0.3) is 0 Å². The second-order valence-corrected chi connectivity index (χ2v) is 6.77. The lowest BCUT2D eigenvalue weighted by Crippen LogP contribution is -2.21. The number of carbonyl (C=O) groups excluding carboxylic acids is 2. The smallest absolute Gasteiger partial charge is 0.348 e. The molecule has 24 heavy (non-hydrogen) atoms. The van der Waals surface area contributed by atoms with E-state index in [2.05, 4.69) is 23.9 Å². The van der Waals surface area contributed by atoms with Crippen LogP contribution in [0.5, 0.6) is 5.75 Å². The fraction of sp³-hybridized carbons (Fsp3) is 0.333. The molecule has 128 valence electrons. The number of methoxy groups -OCH3 is 1. The third-order valence-corrected chi connectivity index (χ3v) is 4.24. The third kappa shape index (κ3) is 5.09. The van der Waals surface area contributed by atoms with Gasteiger partial charge in [-0.05, 0) is 35.7 Å². The maximum Gasteiger partial charge on any atom is 0.348 e. The van der Waals surface area contributed by atoms with Crippen molar-refractivity contribution >= 4 is 23.2 Å². The maximum atomic E-state index is 12.1. The summed E-state index contributed by atoms with van der Waals surface area (Å²) in [4.78, 5) is 24.4. The molecule has 1 heterocycles. The Balaban J connectivity index is 1.87. The van der Waals surface area contributed by atoms with Gasteiger partial charge >= 0.3 is 5.97 Å². The molecule has 0 aliphatic heterocycles. The molecule has 2 rings (SSSR count). The first-order valence-corrected chi connectivity index (χ1v) is 8.49. The Morgan fingerprint density at radius 1 is 1.08 bits per heavy atom. The van der Waals surface area contributed by atoms with E-state index < -0.39 is 5.97 Å². The highest BCUT2D eigenvalue weighted by Gasteiger charge is 2.13. The van der Waals surface area contributed by atoms with Gasteiger partial charge in [-0.1, -0.05) is 26.0 Å². The molecule has 1 N–H and O–H groups in total. The van der Waals surface area contributed by atoms with Gasteiger partial charge in [0.15, 0.2) is 0 Å². The second kappa shape index (κ2) is 8.49. The summed E-state index contributed by atoms with van der Waals surface area (Å²) in [6, 6.07) is 10.8. The van der Waals surface area contributed by atoms with E-state index in [1.54, 1.807) is 12.1 Å². The summed E-state index contributed by atoms with van der Waals surface area (Å²) in [7, 11) is 1.32. The lowest BCUT2D eigenvalue weighted by Gasteiger charge is -2.09. The zero-order chi connectivity index (χ0) is 17.5. The molecule has 0 fully saturated rings. The van der Waals surface area contributed by atoms with Gasteiger partial charge in [-0.2, -0.15) is 0 Å². The zero-order valence-corrected chi connectivity index (χ0v) is 14.8. The molecule has 1 amide bonds. The largest absolute Gasteiger partial charge is 0.493 e. The molecule has 0 aliphatic rings. The standard InChI is InChI=1S/C18H21NO4S/c1-12(2)11-23-14-6-4-13(5-7-14)10-19-17(20)15-8-9-16(24-15)18(21)22-3/h4-9,12H,10-11H2,1-3H3,(H,19,20). The van der Waals surface area contributed by atoms with E-state index in [1.807, 2.05) is 24.3 Å². The molecule has 5 nitrogen and oxygen atoms in total. The summed E-state index contributed by atoms with van der Waals surface area (Å²) in [6.45, 7) is 5.28. The van der Waals surface area contributed by atoms with E-state index >= 15 is 0 Å². The fourth-order valence-electron chi connectivity index (χ4n) is 1.91. The SMILES string of the molecule is COC(=O)c1ccc(C(=O)NCc2ccc(OCC(C)C)cc2)s1. The van der Waals surface area contributed by atoms with Crippen LogP contribution in [0.4, 0.5) is 0 Å². The maximum absolute atomic E-state index is 12.1. The summed E-state index contributed by atoms with van der Waals surface area (Å²) in [5.41, 5.74) is 0.977. The summed E-state index contributed by atoms with van der Waals surface area (Å²) in [5.74, 6) is 0.649. The van der Waals surface area contributed by atoms with Gasteiger partial charge in [0.2, 0.25) is 0 Å². The minimum atomic E-state index is -0.434. The van der Waals surface area contributed by atoms with Gasteiger partial charge in [0.1, 0.15) is 10.6 Å². The van der Waals surface area contributed by atoms with Gasteiger partial charge < -0.3 is 14.8 Å². The van der Waals surface area contributed by atoms with Crippen molar-refractivity contribution in [3.63, 3.8) is 0 Å². The van der Waals surface area contributed by atoms with Crippen LogP contribution in [-0.2, 0) is 11.3 Å². The predicted octanol–water partition coefficient (Wildman–Crippen LogP) is 3.50. The van der Waals surface area contributed by atoms with E-state index in [9.17, 15) is 9.59 Å². The van der Waals surface area contributed by atoms with Gasteiger partial charge in [0.05, 0.1) is 18.6 Å². The minimum absolute atomic E-state index is 0.213. The Morgan fingerprint density at radius 2 is 1.75 bits per heavy atom. The van der Waals surface area contributed by atoms with Gasteiger partial charge in [0, 0.05) is 6.54 Å². The van der Waals surface area contributed by atoms with E-state index in [0.717, 1.165) is 22.6 Å². The first-order chi connectivity index (χ1) is 11.5. The number of nitrogens with one attached hydrogen (secondary N) is 1. The highest BCUT2D eigenvalue weighted by molar-refractivity contribution is 7.15. The van der Waals surface area contributed by atoms with Crippen LogP contribution in [-0.4, -0.2) is 25.6 Å². The molecular formula is C18H21NO4S. The molecule has 2 aromatic rings. The van der Waals surface area contributed by atoms with E-state index in [-0.39, 0.29) is 5.91 Å². The fourth-order valence-corrected chi connectivity index (χ4v) is 2.75. The van der Waals surface area contributed by atoms with Crippen molar-refractivity contribution < 1.29 is 19.1 Å². The average Bonchev–Trinajstić information content (AvgIpc) is 3.08. The summed E-state index contributed by atoms with van der Waals surface area (Å²) < 4.78 is 10.3. The van der Waals surface area contributed by atoms with E-state index in [0.29, 0.717) is 28.8 Å². The molecule has 0 unspecified atom stereocenters. The molecule has 0 spiro atoms. The number of ether oxygens (including phenoxy) is 2. The monoisotopic (exact) mass is 347 g/mol. The van der Waals surface area contributed by atoms with Crippen molar-refractivity contribution in [3.05, 3.63) is 51.7 Å². The number of benzene rings is 1. The Labute approximate surface area is 145 Å². The molecule has 1 aromatic heterocycles. The number of amides is 1. The molecule has 0 bridgehead atoms. The first-order valence-electron chi connectivity index (χ1n) is 7.67. The van der Waals surface area contributed by atoms with Crippen LogP contribution in [0.1, 0.15) is 38.8 Å². The van der Waals surface area contributed by atoms with Crippen LogP contribution < -0.4 is 10.1 Å². The number of thiophene rings is 1. The predicted molar refractivity (Wildman–Crippen MR) is 93.6 cm³/mol. The van der Waals surface area contributed by atoms with Crippen molar-refractivity contribution in [2.75, 3.05) is 13.7 Å². The van der Waals surface area contributed by atoms with Gasteiger partial charge in [-0.3, -0.25) is 4.79 Å². The first kappa shape index (κ1) is 18.0. The number of hydrogen-bond donors (Lipinski definition) is 1. The average molecular weight is 347 g/mol. The zero-order valence-electron chi connectivity index (χ0n) is 14.0. The van der Waals surface area contributed by atoms with Crippen LogP contribution in [0.15, 0.2) is 36.4 Å². The number of hydrogen-bond acceptors (Lipinski definition) is 5. The molecular weight excluding hydrogens is 326 g/mol. The summed E-state index contributed by atoms with van der Waals surface area (Å²) >= 11 is 1.11. The van der Waals surface area contributed by atoms with Crippen LogP contribution in [0.2, 0.25) is 0 Å². The van der Waals surface area contributed by atoms with Crippen molar-refractivity contribution in [1.29, 1.82) is 0 Å². The van der Waals surface area contributed by atoms with Gasteiger partial charge in [0.25, 0.3) is 5.91 Å². The highest BCUT2D eigenvalue weighted by Crippen LogP contribution is 2.18. The van der Waals surface area contributed by atoms with Gasteiger partial charge in [-0.25, -0.2) is 4.79 Å². The molecule has 0 atom stereocenters. The Hall–Kier alpha value is -2.34. The van der Waals surface area contributed by atoms with Crippen LogP contribution >= 0.6 is 11.3 Å². The van der Waals surface area contributed by atoms with Crippen molar-refractivity contribution in [3.8, 4) is 5.75 Å². The number of carbonyl (C=O) groups is 2. The quantitative estimate of drug-likeness (QED) is 0.779. The molecule has 6 heteroatoms. The lowest BCUT2D eigenvalue weighted by molar-refractivity contribution is 0.0606. The topological polar surface area (TPSA) is 64.6 Å². The van der Waals surface area contributed by atoms with Crippen molar-refractivity contribution in [2.45, 2.75) is 20.4 Å². The van der Waals surface area contributed by atoms with E-state index in [1.165, 1.54) is 7.11 Å². The summed E-state index contributed by atoms with van der Waals surface area (Å²) in [6.07, 6.45) is 0. The second-order valence-electron chi connectivity index (χ2n) is 5.69. The number of rotatable bonds is 7. The molecule has 0 radical (unpaired) electrons. The molecule has 0 saturated heterocycles. The number of esters is 1. The summed E-state index contributed by atoms with van der Waals surface area (Å²) in [5, 5.41) is 2.83. The Bertz CT molecular complexity index is 691. The Morgan fingerprint density at radius 3 is 2.38 bits per heavy atom. The van der Waals surface area contributed by atoms with E-state index in [4.69, 9.17) is 4.74 Å². The lowest BCUT2D eigenvalue weighted by atomic mass is 10.2. The molecule has 0 aliphatic carbocycles. The normalized spacial score (nSPS) is 10.5. The van der Waals surface area contributed by atoms with Crippen LogP contribution in [0.3, 0.4) is 0 Å². The van der Waals surface area contributed by atoms with Gasteiger partial charge in [-0.15, -0.1) is 11.3 Å². The van der Waals surface area contributed by atoms with Crippen LogP contribution in [0, 0.1) is 5.92 Å². The minimum Gasteiger partial charge on any atom is -0.493 e. The van der Waals surface area contributed by atoms with Crippen molar-refractivity contribution in [2.24, 2.45) is 5.92 Å². The van der Waals surface area contributed by atoms with Crippen molar-refractivity contribution in [1.82, 2.24) is 5.32 Å². The molecule has 1 aromatic carbocycles. The molecule has 0 saturated carbocycles. The third-order valence-electron chi connectivity index (χ3n) is 3.18.